The number of rotatable bonds is 7. The highest BCUT2D eigenvalue weighted by molar-refractivity contribution is 7.92. The number of imidazole rings is 1. The molecule has 0 unspecified atom stereocenters. The molecule has 4 aromatic rings. The first-order valence-corrected chi connectivity index (χ1v) is 10.7. The molecule has 0 spiro atoms. The number of hydrogen-bond donors (Lipinski definition) is 1. The molecule has 4 rings (SSSR count). The van der Waals surface area contributed by atoms with Crippen molar-refractivity contribution in [1.82, 2.24) is 24.1 Å². The van der Waals surface area contributed by atoms with Crippen LogP contribution in [0.5, 0.6) is 11.6 Å². The normalized spacial score (nSPS) is 11.4. The van der Waals surface area contributed by atoms with E-state index >= 15 is 0 Å². The third-order valence-electron chi connectivity index (χ3n) is 4.40. The number of anilines is 1. The minimum absolute atomic E-state index is 0.0132. The summed E-state index contributed by atoms with van der Waals surface area (Å²) in [4.78, 5) is 12.4. The van der Waals surface area contributed by atoms with E-state index in [2.05, 4.69) is 19.7 Å². The van der Waals surface area contributed by atoms with Gasteiger partial charge in [-0.25, -0.2) is 15.0 Å². The van der Waals surface area contributed by atoms with Gasteiger partial charge in [-0.1, -0.05) is 0 Å². The maximum absolute atomic E-state index is 12.6. The number of nitrogens with zero attached hydrogens (tertiary/aromatic N) is 5. The van der Waals surface area contributed by atoms with Crippen LogP contribution in [0.2, 0.25) is 0 Å². The molecular formula is C20H20N6O3S. The summed E-state index contributed by atoms with van der Waals surface area (Å²) in [6, 6.07) is 12.1. The molecule has 1 N–H and O–H groups in total. The minimum atomic E-state index is -3.77. The molecule has 1 aromatic carbocycles. The predicted molar refractivity (Wildman–Crippen MR) is 111 cm³/mol. The predicted octanol–water partition coefficient (Wildman–Crippen LogP) is 3.39. The summed E-state index contributed by atoms with van der Waals surface area (Å²) in [5.74, 6) is 2.21. The van der Waals surface area contributed by atoms with Crippen LogP contribution in [-0.4, -0.2) is 32.5 Å². The quantitative estimate of drug-likeness (QED) is 0.488. The van der Waals surface area contributed by atoms with Crippen molar-refractivity contribution in [2.45, 2.75) is 25.4 Å². The van der Waals surface area contributed by atoms with E-state index in [1.807, 2.05) is 36.0 Å². The number of hydrogen-bond acceptors (Lipinski definition) is 6. The fraction of sp³-hybridized carbons (Fsp3) is 0.150. The molecule has 0 saturated heterocycles. The molecule has 0 aliphatic rings. The van der Waals surface area contributed by atoms with Crippen LogP contribution >= 0.6 is 0 Å². The molecule has 0 aliphatic carbocycles. The fourth-order valence-corrected chi connectivity index (χ4v) is 3.93. The molecule has 0 aliphatic heterocycles. The fourth-order valence-electron chi connectivity index (χ4n) is 2.86. The Hall–Kier alpha value is -3.66. The number of ether oxygens (including phenoxy) is 1. The molecular weight excluding hydrogens is 404 g/mol. The topological polar surface area (TPSA) is 104 Å². The van der Waals surface area contributed by atoms with Crippen molar-refractivity contribution in [3.63, 3.8) is 0 Å². The summed E-state index contributed by atoms with van der Waals surface area (Å²) in [6.07, 6.45) is 6.69. The summed E-state index contributed by atoms with van der Waals surface area (Å²) in [6.45, 7) is 4.34. The zero-order valence-electron chi connectivity index (χ0n) is 16.4. The number of aromatic nitrogens is 5. The van der Waals surface area contributed by atoms with Gasteiger partial charge in [0.05, 0.1) is 0 Å². The van der Waals surface area contributed by atoms with Gasteiger partial charge in [-0.05, 0) is 50.2 Å². The lowest BCUT2D eigenvalue weighted by Gasteiger charge is -2.09. The van der Waals surface area contributed by atoms with Gasteiger partial charge < -0.3 is 13.9 Å². The lowest BCUT2D eigenvalue weighted by atomic mass is 10.3. The Labute approximate surface area is 174 Å². The van der Waals surface area contributed by atoms with Gasteiger partial charge in [0.25, 0.3) is 10.0 Å². The second kappa shape index (κ2) is 7.99. The van der Waals surface area contributed by atoms with Gasteiger partial charge in [0.15, 0.2) is 5.03 Å². The number of aryl methyl sites for hydroxylation is 2. The van der Waals surface area contributed by atoms with Crippen LogP contribution in [0.1, 0.15) is 12.7 Å². The monoisotopic (exact) mass is 424 g/mol. The van der Waals surface area contributed by atoms with Gasteiger partial charge in [0, 0.05) is 36.9 Å². The Morgan fingerprint density at radius 2 is 1.83 bits per heavy atom. The molecule has 30 heavy (non-hydrogen) atoms. The highest BCUT2D eigenvalue weighted by Crippen LogP contribution is 2.24. The van der Waals surface area contributed by atoms with E-state index < -0.39 is 10.0 Å². The van der Waals surface area contributed by atoms with Gasteiger partial charge in [-0.2, -0.15) is 8.42 Å². The molecule has 0 atom stereocenters. The smallest absolute Gasteiger partial charge is 0.280 e. The Balaban J connectivity index is 1.47. The van der Waals surface area contributed by atoms with Gasteiger partial charge in [0.1, 0.15) is 23.7 Å². The molecule has 154 valence electrons. The van der Waals surface area contributed by atoms with E-state index in [-0.39, 0.29) is 5.03 Å². The van der Waals surface area contributed by atoms with Crippen molar-refractivity contribution >= 4 is 15.7 Å². The zero-order chi connectivity index (χ0) is 21.1. The average Bonchev–Trinajstić information content (AvgIpc) is 3.39. The number of nitrogens with one attached hydrogen (secondary N) is 1. The first-order chi connectivity index (χ1) is 14.4. The number of sulfonamides is 1. The summed E-state index contributed by atoms with van der Waals surface area (Å²) >= 11 is 0. The first kappa shape index (κ1) is 19.6. The Morgan fingerprint density at radius 3 is 2.50 bits per heavy atom. The van der Waals surface area contributed by atoms with Crippen LogP contribution in [0, 0.1) is 6.92 Å². The molecule has 9 nitrogen and oxygen atoms in total. The Kier molecular flexibility index (Phi) is 5.23. The first-order valence-electron chi connectivity index (χ1n) is 9.24. The average molecular weight is 424 g/mol. The van der Waals surface area contributed by atoms with Crippen LogP contribution in [0.3, 0.4) is 0 Å². The van der Waals surface area contributed by atoms with Crippen LogP contribution < -0.4 is 9.46 Å². The summed E-state index contributed by atoms with van der Waals surface area (Å²) in [7, 11) is -3.77. The maximum Gasteiger partial charge on any atom is 0.280 e. The van der Waals surface area contributed by atoms with Crippen LogP contribution in [0.25, 0.3) is 5.82 Å². The second-order valence-corrected chi connectivity index (χ2v) is 8.08. The highest BCUT2D eigenvalue weighted by atomic mass is 32.2. The Bertz CT molecular complexity index is 1250. The van der Waals surface area contributed by atoms with Crippen molar-refractivity contribution in [3.05, 3.63) is 73.2 Å². The molecule has 3 aromatic heterocycles. The minimum Gasteiger partial charge on any atom is -0.439 e. The molecule has 0 bridgehead atoms. The largest absolute Gasteiger partial charge is 0.439 e. The molecule has 0 saturated carbocycles. The molecule has 0 radical (unpaired) electrons. The zero-order valence-corrected chi connectivity index (χ0v) is 17.2. The molecule has 0 fully saturated rings. The van der Waals surface area contributed by atoms with Gasteiger partial charge >= 0.3 is 0 Å². The van der Waals surface area contributed by atoms with Crippen LogP contribution in [0.4, 0.5) is 5.69 Å². The maximum atomic E-state index is 12.6. The van der Waals surface area contributed by atoms with Crippen LogP contribution in [0.15, 0.2) is 72.4 Å². The van der Waals surface area contributed by atoms with Crippen LogP contribution in [-0.2, 0) is 16.6 Å². The highest BCUT2D eigenvalue weighted by Gasteiger charge is 2.19. The Morgan fingerprint density at radius 1 is 1.10 bits per heavy atom. The van der Waals surface area contributed by atoms with Gasteiger partial charge in [0.2, 0.25) is 5.88 Å². The van der Waals surface area contributed by atoms with Crippen molar-refractivity contribution in [2.75, 3.05) is 4.72 Å². The lowest BCUT2D eigenvalue weighted by Crippen LogP contribution is -2.13. The second-order valence-electron chi connectivity index (χ2n) is 6.45. The van der Waals surface area contributed by atoms with Gasteiger partial charge in [-0.15, -0.1) is 0 Å². The summed E-state index contributed by atoms with van der Waals surface area (Å²) < 4.78 is 37.1. The van der Waals surface area contributed by atoms with Crippen molar-refractivity contribution in [2.24, 2.45) is 0 Å². The van der Waals surface area contributed by atoms with Crippen molar-refractivity contribution in [1.29, 1.82) is 0 Å². The van der Waals surface area contributed by atoms with E-state index in [0.717, 1.165) is 0 Å². The summed E-state index contributed by atoms with van der Waals surface area (Å²) in [5, 5.41) is -0.0132. The standard InChI is InChI=1S/C20H20N6O3S/c1-3-25-13-20(23-15(25)2)30(27,28)24-16-6-8-17(9-7-16)29-19-12-18(21-14-22-19)26-10-4-5-11-26/h4-14,24H,3H2,1-2H3. The van der Waals surface area contributed by atoms with E-state index in [1.165, 1.54) is 12.5 Å². The van der Waals surface area contributed by atoms with Crippen molar-refractivity contribution in [3.8, 4) is 17.4 Å². The SMILES string of the molecule is CCn1cc(S(=O)(=O)Nc2ccc(Oc3cc(-n4cccc4)ncn3)cc2)nc1C. The molecule has 3 heterocycles. The van der Waals surface area contributed by atoms with Crippen molar-refractivity contribution < 1.29 is 13.2 Å². The summed E-state index contributed by atoms with van der Waals surface area (Å²) in [5.41, 5.74) is 0.404. The third kappa shape index (κ3) is 4.18. The van der Waals surface area contributed by atoms with E-state index in [9.17, 15) is 8.42 Å². The van der Waals surface area contributed by atoms with Gasteiger partial charge in [-0.3, -0.25) is 4.72 Å². The van der Waals surface area contributed by atoms with E-state index in [1.54, 1.807) is 41.8 Å². The van der Waals surface area contributed by atoms with E-state index in [0.29, 0.717) is 35.5 Å². The third-order valence-corrected chi connectivity index (χ3v) is 5.65. The lowest BCUT2D eigenvalue weighted by molar-refractivity contribution is 0.461. The molecule has 0 amide bonds. The molecule has 10 heteroatoms. The van der Waals surface area contributed by atoms with E-state index in [4.69, 9.17) is 4.74 Å². The number of benzene rings is 1.